The molecule has 8 heteroatoms. The summed E-state index contributed by atoms with van der Waals surface area (Å²) in [5.41, 5.74) is 6.02. The van der Waals surface area contributed by atoms with Crippen molar-refractivity contribution >= 4 is 50.6 Å². The van der Waals surface area contributed by atoms with Gasteiger partial charge in [-0.05, 0) is 32.2 Å². The van der Waals surface area contributed by atoms with Crippen molar-refractivity contribution in [2.45, 2.75) is 23.5 Å². The van der Waals surface area contributed by atoms with Crippen molar-refractivity contribution in [3.8, 4) is 0 Å². The summed E-state index contributed by atoms with van der Waals surface area (Å²) < 4.78 is 26.8. The first kappa shape index (κ1) is 17.7. The fraction of sp³-hybridized carbons (Fsp3) is 0.417. The molecule has 20 heavy (non-hydrogen) atoms. The third-order valence-corrected chi connectivity index (χ3v) is 6.12. The van der Waals surface area contributed by atoms with Gasteiger partial charge in [-0.3, -0.25) is 0 Å². The first-order valence-electron chi connectivity index (χ1n) is 5.73. The lowest BCUT2D eigenvalue weighted by Gasteiger charge is -2.22. The Bertz CT molecular complexity index is 615. The van der Waals surface area contributed by atoms with E-state index >= 15 is 0 Å². The molecule has 0 aliphatic rings. The summed E-state index contributed by atoms with van der Waals surface area (Å²) in [6.07, 6.45) is 1.93. The van der Waals surface area contributed by atoms with Crippen LogP contribution in [0.2, 0.25) is 5.02 Å². The van der Waals surface area contributed by atoms with Crippen molar-refractivity contribution in [1.29, 1.82) is 0 Å². The molecule has 0 amide bonds. The average Bonchev–Trinajstić information content (AvgIpc) is 2.36. The lowest BCUT2D eigenvalue weighted by atomic mass is 10.2. The second-order valence-electron chi connectivity index (χ2n) is 4.80. The van der Waals surface area contributed by atoms with E-state index in [1.54, 1.807) is 17.8 Å². The average molecular weight is 353 g/mol. The van der Waals surface area contributed by atoms with Gasteiger partial charge in [-0.15, -0.1) is 0 Å². The first-order valence-corrected chi connectivity index (χ1v) is 9.22. The van der Waals surface area contributed by atoms with Crippen LogP contribution in [0.3, 0.4) is 0 Å². The first-order chi connectivity index (χ1) is 9.09. The lowest BCUT2D eigenvalue weighted by Crippen LogP contribution is -2.36. The van der Waals surface area contributed by atoms with E-state index in [9.17, 15) is 8.42 Å². The molecule has 0 aliphatic heterocycles. The van der Waals surface area contributed by atoms with E-state index < -0.39 is 10.0 Å². The Morgan fingerprint density at radius 1 is 1.50 bits per heavy atom. The molecule has 3 N–H and O–H groups in total. The standard InChI is InChI=1S/C12H17ClN2O2S3/c1-12(2,19-3)7-15-20(16,17)10-5-4-8(11(14)18)6-9(10)13/h4-6,15H,7H2,1-3H3,(H2,14,18). The van der Waals surface area contributed by atoms with Gasteiger partial charge in [-0.1, -0.05) is 29.9 Å². The van der Waals surface area contributed by atoms with E-state index in [1.807, 2.05) is 20.1 Å². The van der Waals surface area contributed by atoms with Crippen LogP contribution in [0.15, 0.2) is 23.1 Å². The predicted molar refractivity (Wildman–Crippen MR) is 90.1 cm³/mol. The summed E-state index contributed by atoms with van der Waals surface area (Å²) in [7, 11) is -3.66. The van der Waals surface area contributed by atoms with Crippen LogP contribution in [0.4, 0.5) is 0 Å². The zero-order chi connectivity index (χ0) is 15.6. The number of rotatable bonds is 6. The summed E-state index contributed by atoms with van der Waals surface area (Å²) in [6, 6.07) is 4.41. The van der Waals surface area contributed by atoms with Gasteiger partial charge in [0.25, 0.3) is 0 Å². The molecule has 0 aliphatic carbocycles. The molecule has 0 saturated heterocycles. The highest BCUT2D eigenvalue weighted by molar-refractivity contribution is 8.00. The second-order valence-corrected chi connectivity index (χ2v) is 8.89. The van der Waals surface area contributed by atoms with Gasteiger partial charge in [-0.2, -0.15) is 11.8 Å². The van der Waals surface area contributed by atoms with E-state index in [1.165, 1.54) is 12.1 Å². The number of halogens is 1. The molecule has 1 aromatic rings. The largest absolute Gasteiger partial charge is 0.389 e. The molecule has 0 heterocycles. The summed E-state index contributed by atoms with van der Waals surface area (Å²) in [5.74, 6) is 0. The van der Waals surface area contributed by atoms with Crippen LogP contribution >= 0.6 is 35.6 Å². The Morgan fingerprint density at radius 3 is 2.55 bits per heavy atom. The number of sulfonamides is 1. The number of nitrogens with one attached hydrogen (secondary N) is 1. The van der Waals surface area contributed by atoms with Crippen LogP contribution in [0.1, 0.15) is 19.4 Å². The molecule has 0 bridgehead atoms. The topological polar surface area (TPSA) is 72.2 Å². The van der Waals surface area contributed by atoms with E-state index in [2.05, 4.69) is 4.72 Å². The van der Waals surface area contributed by atoms with Crippen LogP contribution < -0.4 is 10.5 Å². The number of thioether (sulfide) groups is 1. The van der Waals surface area contributed by atoms with Gasteiger partial charge >= 0.3 is 0 Å². The molecule has 0 atom stereocenters. The molecule has 0 radical (unpaired) electrons. The third kappa shape index (κ3) is 4.60. The highest BCUT2D eigenvalue weighted by Gasteiger charge is 2.23. The smallest absolute Gasteiger partial charge is 0.242 e. The van der Waals surface area contributed by atoms with Gasteiger partial charge in [-0.25, -0.2) is 13.1 Å². The molecular formula is C12H17ClN2O2S3. The minimum Gasteiger partial charge on any atom is -0.389 e. The molecule has 0 saturated carbocycles. The Hall–Kier alpha value is -0.340. The SMILES string of the molecule is CSC(C)(C)CNS(=O)(=O)c1ccc(C(N)=S)cc1Cl. The summed E-state index contributed by atoms with van der Waals surface area (Å²) >= 11 is 12.4. The zero-order valence-electron chi connectivity index (χ0n) is 11.4. The Balaban J connectivity index is 3.02. The fourth-order valence-corrected chi connectivity index (χ4v) is 3.48. The number of hydrogen-bond donors (Lipinski definition) is 2. The van der Waals surface area contributed by atoms with Crippen molar-refractivity contribution in [2.75, 3.05) is 12.8 Å². The van der Waals surface area contributed by atoms with Gasteiger partial charge in [0.1, 0.15) is 9.88 Å². The monoisotopic (exact) mass is 352 g/mol. The van der Waals surface area contributed by atoms with Gasteiger partial charge in [0.05, 0.1) is 5.02 Å². The van der Waals surface area contributed by atoms with Crippen molar-refractivity contribution in [2.24, 2.45) is 5.73 Å². The molecular weight excluding hydrogens is 336 g/mol. The predicted octanol–water partition coefficient (Wildman–Crippen LogP) is 2.39. The molecule has 1 aromatic carbocycles. The van der Waals surface area contributed by atoms with E-state index in [0.29, 0.717) is 12.1 Å². The summed E-state index contributed by atoms with van der Waals surface area (Å²) in [4.78, 5) is 0.198. The van der Waals surface area contributed by atoms with Gasteiger partial charge in [0.2, 0.25) is 10.0 Å². The maximum absolute atomic E-state index is 12.2. The zero-order valence-corrected chi connectivity index (χ0v) is 14.6. The van der Waals surface area contributed by atoms with Gasteiger partial charge < -0.3 is 5.73 Å². The molecule has 0 unspecified atom stereocenters. The molecule has 4 nitrogen and oxygen atoms in total. The van der Waals surface area contributed by atoms with Gasteiger partial charge in [0, 0.05) is 16.9 Å². The lowest BCUT2D eigenvalue weighted by molar-refractivity contribution is 0.571. The minimum atomic E-state index is -3.66. The fourth-order valence-electron chi connectivity index (χ4n) is 1.29. The summed E-state index contributed by atoms with van der Waals surface area (Å²) in [6.45, 7) is 4.22. The van der Waals surface area contributed by atoms with Crippen LogP contribution in [0.5, 0.6) is 0 Å². The highest BCUT2D eigenvalue weighted by Crippen LogP contribution is 2.24. The van der Waals surface area contributed by atoms with E-state index in [0.717, 1.165) is 0 Å². The number of hydrogen-bond acceptors (Lipinski definition) is 4. The van der Waals surface area contributed by atoms with E-state index in [-0.39, 0.29) is 19.7 Å². The third-order valence-electron chi connectivity index (χ3n) is 2.75. The van der Waals surface area contributed by atoms with Crippen LogP contribution in [-0.2, 0) is 10.0 Å². The molecule has 0 fully saturated rings. The van der Waals surface area contributed by atoms with Crippen LogP contribution in [-0.4, -0.2) is 31.0 Å². The molecule has 0 spiro atoms. The van der Waals surface area contributed by atoms with Crippen molar-refractivity contribution in [1.82, 2.24) is 4.72 Å². The highest BCUT2D eigenvalue weighted by atomic mass is 35.5. The number of nitrogens with two attached hydrogens (primary N) is 1. The van der Waals surface area contributed by atoms with Crippen molar-refractivity contribution in [3.05, 3.63) is 28.8 Å². The second kappa shape index (κ2) is 6.62. The number of thiocarbonyl (C=S) groups is 1. The van der Waals surface area contributed by atoms with Gasteiger partial charge in [0.15, 0.2) is 0 Å². The molecule has 1 rings (SSSR count). The minimum absolute atomic E-state index is 0.0241. The maximum atomic E-state index is 12.2. The normalized spacial score (nSPS) is 12.4. The summed E-state index contributed by atoms with van der Waals surface area (Å²) in [5, 5.41) is 0.102. The Labute approximate surface area is 134 Å². The number of benzene rings is 1. The Kier molecular flexibility index (Phi) is 5.86. The Morgan fingerprint density at radius 2 is 2.10 bits per heavy atom. The quantitative estimate of drug-likeness (QED) is 0.769. The van der Waals surface area contributed by atoms with E-state index in [4.69, 9.17) is 29.6 Å². The van der Waals surface area contributed by atoms with Crippen molar-refractivity contribution in [3.63, 3.8) is 0 Å². The van der Waals surface area contributed by atoms with Crippen LogP contribution in [0, 0.1) is 0 Å². The molecule has 0 aromatic heterocycles. The van der Waals surface area contributed by atoms with Crippen molar-refractivity contribution < 1.29 is 8.42 Å². The maximum Gasteiger partial charge on any atom is 0.242 e. The van der Waals surface area contributed by atoms with Crippen LogP contribution in [0.25, 0.3) is 0 Å². The molecule has 112 valence electrons.